The molecule has 0 atom stereocenters. The Labute approximate surface area is 50.0 Å². The Hall–Kier alpha value is 0.430. The van der Waals surface area contributed by atoms with Crippen molar-refractivity contribution in [3.05, 3.63) is 0 Å². The summed E-state index contributed by atoms with van der Waals surface area (Å²) >= 11 is 2.58. The van der Waals surface area contributed by atoms with Crippen LogP contribution in [-0.2, 0) is 8.27 Å². The predicted octanol–water partition coefficient (Wildman–Crippen LogP) is 0.874. The monoisotopic (exact) mass is 184 g/mol. The summed E-state index contributed by atoms with van der Waals surface area (Å²) in [5.41, 5.74) is 0. The van der Waals surface area contributed by atoms with Crippen molar-refractivity contribution < 1.29 is 8.42 Å². The van der Waals surface area contributed by atoms with Crippen molar-refractivity contribution in [3.8, 4) is 0 Å². The van der Waals surface area contributed by atoms with Crippen LogP contribution in [0.2, 0.25) is 0 Å². The van der Waals surface area contributed by atoms with Crippen molar-refractivity contribution in [2.45, 2.75) is 18.1 Å². The summed E-state index contributed by atoms with van der Waals surface area (Å²) < 4.78 is 20.6. The summed E-state index contributed by atoms with van der Waals surface area (Å²) in [5, 5.41) is -0.0625. The fraction of sp³-hybridized carbons (Fsp3) is 1.00. The average Bonchev–Trinajstić information content (AvgIpc) is 1.99. The van der Waals surface area contributed by atoms with E-state index in [1.54, 1.807) is 0 Å². The minimum absolute atomic E-state index is 0.0625. The van der Waals surface area contributed by atoms with Gasteiger partial charge >= 0.3 is 0 Å². The van der Waals surface area contributed by atoms with E-state index >= 15 is 0 Å². The molecule has 0 spiro atoms. The minimum atomic E-state index is -2.82. The van der Waals surface area contributed by atoms with Crippen LogP contribution in [0.4, 0.5) is 0 Å². The maximum atomic E-state index is 10.3. The molecule has 0 heterocycles. The van der Waals surface area contributed by atoms with Crippen LogP contribution in [0, 0.1) is 0 Å². The smallest absolute Gasteiger partial charge is 0.212 e. The van der Waals surface area contributed by atoms with E-state index in [1.165, 1.54) is 0 Å². The molecule has 1 aliphatic rings. The highest BCUT2D eigenvalue weighted by Gasteiger charge is 2.33. The minimum Gasteiger partial charge on any atom is -0.217 e. The molecule has 0 bridgehead atoms. The third kappa shape index (κ3) is 1.42. The Kier molecular flexibility index (Phi) is 1.15. The first-order chi connectivity index (χ1) is 3.11. The molecule has 4 heteroatoms. The fourth-order valence-electron chi connectivity index (χ4n) is 0.350. The Morgan fingerprint density at radius 1 is 1.43 bits per heavy atom. The molecule has 1 fully saturated rings. The molecule has 7 heavy (non-hydrogen) atoms. The van der Waals surface area contributed by atoms with Crippen molar-refractivity contribution >= 4 is 23.1 Å². The van der Waals surface area contributed by atoms with E-state index in [4.69, 9.17) is 0 Å². The third-order valence-corrected chi connectivity index (χ3v) is 3.78. The van der Waals surface area contributed by atoms with Crippen LogP contribution in [-0.4, -0.2) is 13.7 Å². The van der Waals surface area contributed by atoms with E-state index in [0.29, 0.717) is 0 Å². The van der Waals surface area contributed by atoms with Gasteiger partial charge < -0.3 is 0 Å². The number of hydrogen-bond donors (Lipinski definition) is 0. The van der Waals surface area contributed by atoms with Gasteiger partial charge in [-0.15, -0.1) is 0 Å². The number of halogens is 1. The van der Waals surface area contributed by atoms with Gasteiger partial charge in [0.1, 0.15) is 0 Å². The molecule has 1 aliphatic carbocycles. The number of hydrogen-bond acceptors (Lipinski definition) is 2. The summed E-state index contributed by atoms with van der Waals surface area (Å²) in [6.07, 6.45) is 1.68. The Bertz CT molecular complexity index is 156. The molecular formula is C3H5BrO2S. The highest BCUT2D eigenvalue weighted by Crippen LogP contribution is 2.31. The standard InChI is InChI=1S/C3H5BrO2S/c4-7(5,6)3-1-2-3/h3H,1-2H2. The maximum absolute atomic E-state index is 10.3. The van der Waals surface area contributed by atoms with Crippen LogP contribution in [0.3, 0.4) is 0 Å². The molecule has 0 aliphatic heterocycles. The van der Waals surface area contributed by atoms with Gasteiger partial charge in [-0.05, 0) is 12.8 Å². The summed E-state index contributed by atoms with van der Waals surface area (Å²) in [7, 11) is -2.82. The molecule has 0 unspecified atom stereocenters. The average molecular weight is 185 g/mol. The van der Waals surface area contributed by atoms with Crippen molar-refractivity contribution in [3.63, 3.8) is 0 Å². The fourth-order valence-corrected chi connectivity index (χ4v) is 2.17. The second-order valence-electron chi connectivity index (χ2n) is 1.67. The molecule has 0 radical (unpaired) electrons. The first kappa shape index (κ1) is 5.56. The summed E-state index contributed by atoms with van der Waals surface area (Å²) in [6.45, 7) is 0. The van der Waals surface area contributed by atoms with Crippen LogP contribution in [0.5, 0.6) is 0 Å². The van der Waals surface area contributed by atoms with Crippen LogP contribution < -0.4 is 0 Å². The first-order valence-corrected chi connectivity index (χ1v) is 5.43. The van der Waals surface area contributed by atoms with Crippen LogP contribution in [0.1, 0.15) is 12.8 Å². The lowest BCUT2D eigenvalue weighted by molar-refractivity contribution is 0.610. The molecule has 0 aromatic heterocycles. The molecule has 0 amide bonds. The van der Waals surface area contributed by atoms with Crippen molar-refractivity contribution in [1.82, 2.24) is 0 Å². The van der Waals surface area contributed by atoms with Gasteiger partial charge in [0.25, 0.3) is 0 Å². The van der Waals surface area contributed by atoms with Gasteiger partial charge in [0.15, 0.2) is 0 Å². The Morgan fingerprint density at radius 3 is 1.86 bits per heavy atom. The van der Waals surface area contributed by atoms with Gasteiger partial charge in [-0.25, -0.2) is 8.42 Å². The lowest BCUT2D eigenvalue weighted by Gasteiger charge is -1.81. The van der Waals surface area contributed by atoms with E-state index in [9.17, 15) is 8.42 Å². The molecule has 0 aromatic rings. The van der Waals surface area contributed by atoms with Gasteiger partial charge in [0.2, 0.25) is 8.27 Å². The molecule has 1 rings (SSSR count). The van der Waals surface area contributed by atoms with E-state index < -0.39 is 8.27 Å². The van der Waals surface area contributed by atoms with Crippen molar-refractivity contribution in [2.24, 2.45) is 0 Å². The summed E-state index contributed by atoms with van der Waals surface area (Å²) in [5.74, 6) is 0. The molecule has 0 aromatic carbocycles. The van der Waals surface area contributed by atoms with E-state index in [2.05, 4.69) is 14.8 Å². The van der Waals surface area contributed by atoms with E-state index in [0.717, 1.165) is 12.8 Å². The predicted molar refractivity (Wildman–Crippen MR) is 30.9 cm³/mol. The first-order valence-electron chi connectivity index (χ1n) is 2.04. The van der Waals surface area contributed by atoms with Crippen molar-refractivity contribution in [2.75, 3.05) is 0 Å². The highest BCUT2D eigenvalue weighted by molar-refractivity contribution is 9.47. The zero-order chi connectivity index (χ0) is 5.49. The van der Waals surface area contributed by atoms with Gasteiger partial charge in [-0.3, -0.25) is 0 Å². The Balaban J connectivity index is 2.71. The molecule has 0 saturated heterocycles. The van der Waals surface area contributed by atoms with Crippen LogP contribution in [0.25, 0.3) is 0 Å². The van der Waals surface area contributed by atoms with Gasteiger partial charge in [-0.1, -0.05) is 0 Å². The van der Waals surface area contributed by atoms with Crippen LogP contribution >= 0.6 is 14.8 Å². The lowest BCUT2D eigenvalue weighted by Crippen LogP contribution is -1.92. The normalized spacial score (nSPS) is 22.4. The Morgan fingerprint density at radius 2 is 1.86 bits per heavy atom. The molecule has 42 valence electrons. The lowest BCUT2D eigenvalue weighted by atomic mass is 11.0. The molecular weight excluding hydrogens is 180 g/mol. The van der Waals surface area contributed by atoms with Crippen LogP contribution in [0.15, 0.2) is 0 Å². The van der Waals surface area contributed by atoms with E-state index in [1.807, 2.05) is 0 Å². The van der Waals surface area contributed by atoms with E-state index in [-0.39, 0.29) is 5.25 Å². The summed E-state index contributed by atoms with van der Waals surface area (Å²) in [6, 6.07) is 0. The van der Waals surface area contributed by atoms with Gasteiger partial charge in [0.05, 0.1) is 20.1 Å². The zero-order valence-corrected chi connectivity index (χ0v) is 6.00. The zero-order valence-electron chi connectivity index (χ0n) is 3.59. The second-order valence-corrected chi connectivity index (χ2v) is 6.00. The second kappa shape index (κ2) is 1.45. The molecule has 2 nitrogen and oxygen atoms in total. The highest BCUT2D eigenvalue weighted by atomic mass is 79.9. The van der Waals surface area contributed by atoms with Gasteiger partial charge in [-0.2, -0.15) is 0 Å². The maximum Gasteiger partial charge on any atom is 0.212 e. The third-order valence-electron chi connectivity index (χ3n) is 0.923. The van der Waals surface area contributed by atoms with Gasteiger partial charge in [0, 0.05) is 0 Å². The number of rotatable bonds is 1. The topological polar surface area (TPSA) is 34.1 Å². The van der Waals surface area contributed by atoms with Crippen molar-refractivity contribution in [1.29, 1.82) is 0 Å². The SMILES string of the molecule is O=S(=O)(Br)C1CC1. The molecule has 1 saturated carbocycles. The molecule has 0 N–H and O–H groups in total. The summed E-state index contributed by atoms with van der Waals surface area (Å²) in [4.78, 5) is 0. The largest absolute Gasteiger partial charge is 0.217 e. The quantitative estimate of drug-likeness (QED) is 0.568.